The largest absolute Gasteiger partial charge is 0.485 e. The molecule has 0 radical (unpaired) electrons. The number of aromatic nitrogens is 6. The highest BCUT2D eigenvalue weighted by atomic mass is 79.9. The minimum atomic E-state index is -4.60. The lowest BCUT2D eigenvalue weighted by molar-refractivity contribution is -0.137. The Balaban J connectivity index is 1.19. The van der Waals surface area contributed by atoms with Gasteiger partial charge >= 0.3 is 6.18 Å². The predicted octanol–water partition coefficient (Wildman–Crippen LogP) is 6.09. The lowest BCUT2D eigenvalue weighted by Gasteiger charge is -2.40. The third-order valence-electron chi connectivity index (χ3n) is 9.77. The Morgan fingerprint density at radius 3 is 2.57 bits per heavy atom. The number of amides is 2. The van der Waals surface area contributed by atoms with Gasteiger partial charge in [0, 0.05) is 19.1 Å². The van der Waals surface area contributed by atoms with Crippen molar-refractivity contribution in [2.75, 3.05) is 23.3 Å². The van der Waals surface area contributed by atoms with Crippen LogP contribution in [0.5, 0.6) is 5.75 Å². The number of aryl methyl sites for hydroxylation is 1. The van der Waals surface area contributed by atoms with Crippen molar-refractivity contribution in [2.45, 2.75) is 70.9 Å². The molecule has 2 saturated heterocycles. The molecule has 2 aliphatic rings. The first-order chi connectivity index (χ1) is 25.8. The third kappa shape index (κ3) is 7.13. The van der Waals surface area contributed by atoms with Gasteiger partial charge in [0.25, 0.3) is 11.5 Å². The van der Waals surface area contributed by atoms with E-state index in [2.05, 4.69) is 41.3 Å². The highest BCUT2D eigenvalue weighted by molar-refractivity contribution is 9.10. The number of anilines is 2. The number of likely N-dealkylation sites (tertiary alicyclic amines) is 1. The molecule has 13 nitrogen and oxygen atoms in total. The zero-order valence-corrected chi connectivity index (χ0v) is 31.5. The number of ether oxygens (including phenoxy) is 1. The van der Waals surface area contributed by atoms with Gasteiger partial charge in [0.05, 0.1) is 33.7 Å². The third-order valence-corrected chi connectivity index (χ3v) is 10.4. The number of hydrogen-bond acceptors (Lipinski definition) is 9. The van der Waals surface area contributed by atoms with Crippen LogP contribution in [0.15, 0.2) is 64.4 Å². The van der Waals surface area contributed by atoms with Crippen LogP contribution in [-0.4, -0.2) is 71.0 Å². The summed E-state index contributed by atoms with van der Waals surface area (Å²) >= 11 is 9.38. The second-order valence-corrected chi connectivity index (χ2v) is 14.2. The van der Waals surface area contributed by atoms with E-state index in [4.69, 9.17) is 16.3 Å². The van der Waals surface area contributed by atoms with Gasteiger partial charge in [0.15, 0.2) is 11.4 Å². The van der Waals surface area contributed by atoms with Gasteiger partial charge in [-0.25, -0.2) is 9.97 Å². The SMILES string of the molecule is CCc1c(N2CCC3C2CCCN3C(=O)c2ncnc(C)c2OCc2ccccc2)c(=O)n2nc(Br)nc2n1CC(=O)Nc1ccc(C(F)(F)F)cc1Cl. The van der Waals surface area contributed by atoms with Gasteiger partial charge in [0.2, 0.25) is 16.4 Å². The molecule has 2 aromatic carbocycles. The molecular formula is C36H34BrClF3N9O4. The number of halogens is 5. The number of hydrogen-bond donors (Lipinski definition) is 1. The fourth-order valence-corrected chi connectivity index (χ4v) is 7.92. The van der Waals surface area contributed by atoms with Crippen molar-refractivity contribution in [2.24, 2.45) is 0 Å². The van der Waals surface area contributed by atoms with Crippen molar-refractivity contribution >= 4 is 56.5 Å². The number of nitrogens with zero attached hydrogens (tertiary/aromatic N) is 8. The Morgan fingerprint density at radius 2 is 1.85 bits per heavy atom. The van der Waals surface area contributed by atoms with Gasteiger partial charge < -0.3 is 24.4 Å². The zero-order valence-electron chi connectivity index (χ0n) is 29.1. The van der Waals surface area contributed by atoms with Crippen LogP contribution >= 0.6 is 27.5 Å². The van der Waals surface area contributed by atoms with Crippen LogP contribution in [0.4, 0.5) is 24.5 Å². The van der Waals surface area contributed by atoms with Gasteiger partial charge in [-0.15, -0.1) is 5.10 Å². The fraction of sp³-hybridized carbons (Fsp3) is 0.361. The van der Waals surface area contributed by atoms with E-state index in [-0.39, 0.29) is 58.1 Å². The first kappa shape index (κ1) is 37.3. The Kier molecular flexibility index (Phi) is 10.4. The molecule has 18 heteroatoms. The summed E-state index contributed by atoms with van der Waals surface area (Å²) in [7, 11) is 0. The van der Waals surface area contributed by atoms with E-state index in [9.17, 15) is 27.6 Å². The van der Waals surface area contributed by atoms with E-state index in [1.54, 1.807) is 16.4 Å². The Morgan fingerprint density at radius 1 is 1.07 bits per heavy atom. The maximum absolute atomic E-state index is 14.3. The van der Waals surface area contributed by atoms with Gasteiger partial charge in [-0.05, 0) is 72.3 Å². The van der Waals surface area contributed by atoms with E-state index in [0.29, 0.717) is 61.6 Å². The van der Waals surface area contributed by atoms with Crippen molar-refractivity contribution < 1.29 is 27.5 Å². The molecule has 2 fully saturated rings. The molecule has 2 amide bonds. The highest BCUT2D eigenvalue weighted by Gasteiger charge is 2.45. The monoisotopic (exact) mass is 827 g/mol. The average Bonchev–Trinajstić information content (AvgIpc) is 3.76. The quantitative estimate of drug-likeness (QED) is 0.187. The molecule has 2 atom stereocenters. The average molecular weight is 829 g/mol. The van der Waals surface area contributed by atoms with Gasteiger partial charge in [-0.3, -0.25) is 14.4 Å². The lowest BCUT2D eigenvalue weighted by atomic mass is 9.96. The summed E-state index contributed by atoms with van der Waals surface area (Å²) in [5.74, 6) is -0.485. The number of carbonyl (C=O) groups excluding carboxylic acids is 2. The summed E-state index contributed by atoms with van der Waals surface area (Å²) in [6.45, 7) is 4.42. The van der Waals surface area contributed by atoms with Crippen LogP contribution in [0.3, 0.4) is 0 Å². The molecule has 0 spiro atoms. The Hall–Kier alpha value is -5.03. The van der Waals surface area contributed by atoms with Crippen LogP contribution in [0, 0.1) is 6.92 Å². The zero-order chi connectivity index (χ0) is 38.3. The summed E-state index contributed by atoms with van der Waals surface area (Å²) in [4.78, 5) is 58.8. The summed E-state index contributed by atoms with van der Waals surface area (Å²) in [6.07, 6.45) is -1.01. The second kappa shape index (κ2) is 15.0. The molecule has 5 aromatic rings. The highest BCUT2D eigenvalue weighted by Crippen LogP contribution is 2.37. The van der Waals surface area contributed by atoms with Crippen molar-refractivity contribution in [1.82, 2.24) is 34.0 Å². The first-order valence-electron chi connectivity index (χ1n) is 17.3. The van der Waals surface area contributed by atoms with Gasteiger partial charge in [-0.2, -0.15) is 22.7 Å². The first-order valence-corrected chi connectivity index (χ1v) is 18.4. The van der Waals surface area contributed by atoms with E-state index in [0.717, 1.165) is 28.3 Å². The molecule has 282 valence electrons. The molecule has 0 saturated carbocycles. The molecular weight excluding hydrogens is 795 g/mol. The molecule has 1 N–H and O–H groups in total. The van der Waals surface area contributed by atoms with E-state index in [1.165, 1.54) is 6.33 Å². The number of alkyl halides is 3. The van der Waals surface area contributed by atoms with E-state index < -0.39 is 23.2 Å². The fourth-order valence-electron chi connectivity index (χ4n) is 7.37. The Bertz CT molecular complexity index is 2300. The van der Waals surface area contributed by atoms with Crippen molar-refractivity contribution in [3.63, 3.8) is 0 Å². The summed E-state index contributed by atoms with van der Waals surface area (Å²) in [6, 6.07) is 11.7. The maximum atomic E-state index is 14.3. The number of carbonyl (C=O) groups is 2. The van der Waals surface area contributed by atoms with Crippen molar-refractivity contribution in [3.8, 4) is 5.75 Å². The minimum Gasteiger partial charge on any atom is -0.485 e. The number of fused-ring (bicyclic) bond motifs is 2. The van der Waals surface area contributed by atoms with Crippen LogP contribution < -0.4 is 20.5 Å². The molecule has 2 unspecified atom stereocenters. The van der Waals surface area contributed by atoms with Crippen molar-refractivity contribution in [3.05, 3.63) is 103 Å². The smallest absolute Gasteiger partial charge is 0.416 e. The number of piperidine rings is 1. The lowest BCUT2D eigenvalue weighted by Crippen LogP contribution is -2.53. The summed E-state index contributed by atoms with van der Waals surface area (Å²) in [5.41, 5.74) is 1.08. The number of nitrogens with one attached hydrogen (secondary N) is 1. The van der Waals surface area contributed by atoms with Crippen LogP contribution in [-0.2, 0) is 30.5 Å². The maximum Gasteiger partial charge on any atom is 0.416 e. The molecule has 54 heavy (non-hydrogen) atoms. The summed E-state index contributed by atoms with van der Waals surface area (Å²) in [5, 5.41) is 6.58. The molecule has 0 bridgehead atoms. The molecule has 2 aliphatic heterocycles. The van der Waals surface area contributed by atoms with Crippen LogP contribution in [0.2, 0.25) is 5.02 Å². The number of benzene rings is 2. The van der Waals surface area contributed by atoms with Crippen molar-refractivity contribution in [1.29, 1.82) is 0 Å². The topological polar surface area (TPSA) is 140 Å². The van der Waals surface area contributed by atoms with Crippen LogP contribution in [0.25, 0.3) is 5.78 Å². The molecule has 7 rings (SSSR count). The minimum absolute atomic E-state index is 0.00509. The van der Waals surface area contributed by atoms with Gasteiger partial charge in [0.1, 0.15) is 25.2 Å². The normalized spacial score (nSPS) is 17.2. The van der Waals surface area contributed by atoms with Crippen LogP contribution in [0.1, 0.15) is 59.2 Å². The number of rotatable bonds is 9. The van der Waals surface area contributed by atoms with E-state index in [1.807, 2.05) is 42.2 Å². The molecule has 5 heterocycles. The van der Waals surface area contributed by atoms with E-state index >= 15 is 0 Å². The molecule has 3 aromatic heterocycles. The molecule has 0 aliphatic carbocycles. The Labute approximate surface area is 320 Å². The standard InChI is InChI=1S/C36H34BrClF3N9O4/c1-3-25-30(33(53)50-35(45-34(37)46-50)49(25)17-28(51)44-24-12-11-22(16-23(24)38)36(39,40)41)47-15-13-27-26(47)10-7-14-48(27)32(52)29-31(20(2)42-19-43-29)54-18-21-8-5-4-6-9-21/h4-6,8-9,11-12,16,19,26-27H,3,7,10,13-15,17-18H2,1-2H3,(H,44,51). The van der Waals surface area contributed by atoms with Gasteiger partial charge in [-0.1, -0.05) is 48.9 Å². The predicted molar refractivity (Wildman–Crippen MR) is 197 cm³/mol. The second-order valence-electron chi connectivity index (χ2n) is 13.0. The summed E-state index contributed by atoms with van der Waals surface area (Å²) < 4.78 is 48.6.